The topological polar surface area (TPSA) is 89.3 Å². The smallest absolute Gasteiger partial charge is 0.235 e. The van der Waals surface area contributed by atoms with E-state index < -0.39 is 21.5 Å². The van der Waals surface area contributed by atoms with E-state index in [1.807, 2.05) is 0 Å². The van der Waals surface area contributed by atoms with Crippen LogP contribution in [0.2, 0.25) is 5.02 Å². The van der Waals surface area contributed by atoms with Gasteiger partial charge in [-0.25, -0.2) is 8.42 Å². The van der Waals surface area contributed by atoms with Crippen molar-refractivity contribution in [2.24, 2.45) is 0 Å². The summed E-state index contributed by atoms with van der Waals surface area (Å²) in [5, 5.41) is 2.53. The minimum Gasteiger partial charge on any atom is -0.398 e. The Hall–Kier alpha value is -1.27. The number of anilines is 1. The van der Waals surface area contributed by atoms with E-state index in [2.05, 4.69) is 5.32 Å². The summed E-state index contributed by atoms with van der Waals surface area (Å²) in [6, 6.07) is 4.27. The molecule has 0 spiro atoms. The van der Waals surface area contributed by atoms with E-state index in [4.69, 9.17) is 17.3 Å². The van der Waals surface area contributed by atoms with Crippen LogP contribution in [0.15, 0.2) is 23.1 Å². The number of hydrogen-bond donors (Lipinski definition) is 2. The summed E-state index contributed by atoms with van der Waals surface area (Å²) >= 11 is 5.81. The lowest BCUT2D eigenvalue weighted by molar-refractivity contribution is -0.119. The maximum atomic E-state index is 12.0. The van der Waals surface area contributed by atoms with Crippen molar-refractivity contribution in [1.29, 1.82) is 0 Å². The van der Waals surface area contributed by atoms with Crippen LogP contribution in [0.25, 0.3) is 0 Å². The molecule has 0 radical (unpaired) electrons. The Kier molecular flexibility index (Phi) is 4.59. The van der Waals surface area contributed by atoms with Gasteiger partial charge in [-0.2, -0.15) is 0 Å². The number of hydrogen-bond acceptors (Lipinski definition) is 4. The van der Waals surface area contributed by atoms with Crippen LogP contribution in [0.4, 0.5) is 5.69 Å². The normalized spacial score (nSPS) is 11.6. The maximum Gasteiger partial charge on any atom is 0.235 e. The number of amides is 1. The van der Waals surface area contributed by atoms with Crippen LogP contribution in [0.1, 0.15) is 13.8 Å². The number of benzene rings is 1. The summed E-state index contributed by atoms with van der Waals surface area (Å²) < 4.78 is 24.1. The quantitative estimate of drug-likeness (QED) is 0.816. The molecule has 0 aromatic heterocycles. The van der Waals surface area contributed by atoms with Crippen molar-refractivity contribution < 1.29 is 13.2 Å². The summed E-state index contributed by atoms with van der Waals surface area (Å²) in [6.07, 6.45) is 0. The molecule has 0 saturated heterocycles. The zero-order valence-corrected chi connectivity index (χ0v) is 11.7. The standard InChI is InChI=1S/C11H15ClN2O3S/c1-7(2)14-10(15)6-18(16,17)11-8(12)4-3-5-9(11)13/h3-5,7H,6,13H2,1-2H3,(H,14,15). The highest BCUT2D eigenvalue weighted by atomic mass is 35.5. The Balaban J connectivity index is 3.04. The largest absolute Gasteiger partial charge is 0.398 e. The van der Waals surface area contributed by atoms with E-state index in [0.29, 0.717) is 0 Å². The molecule has 0 unspecified atom stereocenters. The fraction of sp³-hybridized carbons (Fsp3) is 0.364. The first-order valence-corrected chi connectivity index (χ1v) is 7.33. The van der Waals surface area contributed by atoms with Gasteiger partial charge in [0.25, 0.3) is 0 Å². The fourth-order valence-electron chi connectivity index (χ4n) is 1.46. The third kappa shape index (κ3) is 3.61. The second kappa shape index (κ2) is 5.58. The molecular weight excluding hydrogens is 276 g/mol. The van der Waals surface area contributed by atoms with Crippen molar-refractivity contribution in [3.8, 4) is 0 Å². The summed E-state index contributed by atoms with van der Waals surface area (Å²) in [4.78, 5) is 11.3. The van der Waals surface area contributed by atoms with Gasteiger partial charge in [0.2, 0.25) is 5.91 Å². The summed E-state index contributed by atoms with van der Waals surface area (Å²) in [6.45, 7) is 3.49. The van der Waals surface area contributed by atoms with Crippen LogP contribution in [0.3, 0.4) is 0 Å². The van der Waals surface area contributed by atoms with Crippen LogP contribution in [-0.4, -0.2) is 26.1 Å². The number of rotatable bonds is 4. The van der Waals surface area contributed by atoms with E-state index in [1.165, 1.54) is 12.1 Å². The predicted molar refractivity (Wildman–Crippen MR) is 71.2 cm³/mol. The van der Waals surface area contributed by atoms with Crippen molar-refractivity contribution in [1.82, 2.24) is 5.32 Å². The summed E-state index contributed by atoms with van der Waals surface area (Å²) in [7, 11) is -3.84. The van der Waals surface area contributed by atoms with Gasteiger partial charge in [-0.1, -0.05) is 17.7 Å². The first-order valence-electron chi connectivity index (χ1n) is 5.30. The van der Waals surface area contributed by atoms with E-state index in [-0.39, 0.29) is 21.6 Å². The highest BCUT2D eigenvalue weighted by Gasteiger charge is 2.24. The van der Waals surface area contributed by atoms with Gasteiger partial charge in [0.15, 0.2) is 9.84 Å². The second-order valence-electron chi connectivity index (χ2n) is 4.14. The van der Waals surface area contributed by atoms with E-state index in [0.717, 1.165) is 0 Å². The van der Waals surface area contributed by atoms with Gasteiger partial charge in [-0.3, -0.25) is 4.79 Å². The molecule has 0 heterocycles. The van der Waals surface area contributed by atoms with Gasteiger partial charge >= 0.3 is 0 Å². The zero-order chi connectivity index (χ0) is 13.9. The molecule has 1 rings (SSSR count). The number of carbonyl (C=O) groups is 1. The Morgan fingerprint density at radius 2 is 2.06 bits per heavy atom. The summed E-state index contributed by atoms with van der Waals surface area (Å²) in [5.41, 5.74) is 5.63. The first-order chi connectivity index (χ1) is 8.24. The molecular formula is C11H15ClN2O3S. The van der Waals surface area contributed by atoms with Gasteiger partial charge in [-0.05, 0) is 26.0 Å². The van der Waals surface area contributed by atoms with E-state index in [1.54, 1.807) is 19.9 Å². The molecule has 100 valence electrons. The minimum absolute atomic E-state index is 0.0207. The van der Waals surface area contributed by atoms with Crippen molar-refractivity contribution in [3.63, 3.8) is 0 Å². The SMILES string of the molecule is CC(C)NC(=O)CS(=O)(=O)c1c(N)cccc1Cl. The van der Waals surface area contributed by atoms with Gasteiger partial charge in [0, 0.05) is 6.04 Å². The van der Waals surface area contributed by atoms with Crippen LogP contribution >= 0.6 is 11.6 Å². The molecule has 7 heteroatoms. The van der Waals surface area contributed by atoms with Gasteiger partial charge in [0.1, 0.15) is 10.6 Å². The van der Waals surface area contributed by atoms with Crippen LogP contribution in [0.5, 0.6) is 0 Å². The lowest BCUT2D eigenvalue weighted by Gasteiger charge is -2.11. The first kappa shape index (κ1) is 14.8. The number of nitrogen functional groups attached to an aromatic ring is 1. The lowest BCUT2D eigenvalue weighted by Crippen LogP contribution is -2.35. The number of halogens is 1. The third-order valence-corrected chi connectivity index (χ3v) is 4.23. The van der Waals surface area contributed by atoms with Gasteiger partial charge in [-0.15, -0.1) is 0 Å². The number of nitrogens with two attached hydrogens (primary N) is 1. The Morgan fingerprint density at radius 1 is 1.44 bits per heavy atom. The third-order valence-electron chi connectivity index (χ3n) is 2.08. The fourth-order valence-corrected chi connectivity index (χ4v) is 3.36. The molecule has 0 aliphatic carbocycles. The van der Waals surface area contributed by atoms with Crippen molar-refractivity contribution in [3.05, 3.63) is 23.2 Å². The number of nitrogens with one attached hydrogen (secondary N) is 1. The van der Waals surface area contributed by atoms with Gasteiger partial charge in [0.05, 0.1) is 10.7 Å². The van der Waals surface area contributed by atoms with Crippen LogP contribution in [-0.2, 0) is 14.6 Å². The van der Waals surface area contributed by atoms with Crippen molar-refractivity contribution >= 4 is 33.0 Å². The Bertz CT molecular complexity index is 535. The molecule has 0 aliphatic heterocycles. The average molecular weight is 291 g/mol. The molecule has 1 amide bonds. The molecule has 18 heavy (non-hydrogen) atoms. The lowest BCUT2D eigenvalue weighted by atomic mass is 10.3. The number of carbonyl (C=O) groups excluding carboxylic acids is 1. The van der Waals surface area contributed by atoms with Gasteiger partial charge < -0.3 is 11.1 Å². The molecule has 5 nitrogen and oxygen atoms in total. The molecule has 0 bridgehead atoms. The molecule has 0 fully saturated rings. The van der Waals surface area contributed by atoms with Crippen LogP contribution in [0, 0.1) is 0 Å². The maximum absolute atomic E-state index is 12.0. The average Bonchev–Trinajstić information content (AvgIpc) is 2.13. The molecule has 0 aliphatic rings. The Morgan fingerprint density at radius 3 is 2.56 bits per heavy atom. The highest BCUT2D eigenvalue weighted by molar-refractivity contribution is 7.92. The van der Waals surface area contributed by atoms with Crippen molar-refractivity contribution in [2.75, 3.05) is 11.5 Å². The predicted octanol–water partition coefficient (Wildman–Crippen LogP) is 1.22. The minimum atomic E-state index is -3.84. The van der Waals surface area contributed by atoms with E-state index in [9.17, 15) is 13.2 Å². The number of sulfone groups is 1. The zero-order valence-electron chi connectivity index (χ0n) is 10.1. The summed E-state index contributed by atoms with van der Waals surface area (Å²) in [5.74, 6) is -1.25. The second-order valence-corrected chi connectivity index (χ2v) is 6.47. The molecule has 0 saturated carbocycles. The van der Waals surface area contributed by atoms with Crippen LogP contribution < -0.4 is 11.1 Å². The van der Waals surface area contributed by atoms with Crippen molar-refractivity contribution in [2.45, 2.75) is 24.8 Å². The van der Waals surface area contributed by atoms with E-state index >= 15 is 0 Å². The molecule has 1 aromatic carbocycles. The molecule has 0 atom stereocenters. The monoisotopic (exact) mass is 290 g/mol. The molecule has 3 N–H and O–H groups in total. The highest BCUT2D eigenvalue weighted by Crippen LogP contribution is 2.27. The Labute approximate surface area is 111 Å². The molecule has 1 aromatic rings.